The molecule has 1 heterocycles. The fraction of sp³-hybridized carbons (Fsp3) is 0. The highest BCUT2D eigenvalue weighted by Gasteiger charge is 2.30. The molecule has 0 unspecified atom stereocenters. The maximum atomic E-state index is 11.6. The van der Waals surface area contributed by atoms with Crippen LogP contribution in [0.5, 0.6) is 0 Å². The van der Waals surface area contributed by atoms with Crippen LogP contribution in [0.2, 0.25) is 0 Å². The summed E-state index contributed by atoms with van der Waals surface area (Å²) in [4.78, 5) is 24.0. The molecule has 2 amide bonds. The van der Waals surface area contributed by atoms with Gasteiger partial charge >= 0.3 is 0 Å². The molecule has 0 saturated heterocycles. The highest BCUT2D eigenvalue weighted by molar-refractivity contribution is 9.12. The third-order valence-electron chi connectivity index (χ3n) is 2.25. The molecule has 1 aliphatic rings. The van der Waals surface area contributed by atoms with Crippen LogP contribution in [0.4, 0.5) is 5.69 Å². The summed E-state index contributed by atoms with van der Waals surface area (Å²) in [6, 6.07) is 5.13. The second kappa shape index (κ2) is 4.49. The van der Waals surface area contributed by atoms with Gasteiger partial charge in [0.1, 0.15) is 0 Å². The molecule has 0 saturated carbocycles. The third-order valence-corrected chi connectivity index (χ3v) is 4.19. The molecule has 0 aromatic heterocycles. The minimum atomic E-state index is -3.82. The van der Waals surface area contributed by atoms with Crippen LogP contribution in [0.3, 0.4) is 0 Å². The van der Waals surface area contributed by atoms with Gasteiger partial charge in [-0.2, -0.15) is 0 Å². The van der Waals surface area contributed by atoms with E-state index < -0.39 is 20.9 Å². The average Bonchev–Trinajstić information content (AvgIpc) is 2.52. The van der Waals surface area contributed by atoms with Crippen LogP contribution < -0.4 is 4.90 Å². The van der Waals surface area contributed by atoms with E-state index >= 15 is 0 Å². The number of benzene rings is 1. The first-order valence-corrected chi connectivity index (χ1v) is 7.71. The molecule has 2 rings (SSSR count). The Bertz CT molecular complexity index is 666. The minimum absolute atomic E-state index is 0.0981. The molecule has 1 aliphatic heterocycles. The average molecular weight is 351 g/mol. The van der Waals surface area contributed by atoms with Gasteiger partial charge in [0, 0.05) is 16.8 Å². The lowest BCUT2D eigenvalue weighted by Crippen LogP contribution is -2.30. The number of halogens is 2. The third kappa shape index (κ3) is 2.33. The van der Waals surface area contributed by atoms with Crippen LogP contribution in [0.15, 0.2) is 39.7 Å². The molecular weight excluding hydrogens is 346 g/mol. The van der Waals surface area contributed by atoms with E-state index in [1.165, 1.54) is 24.3 Å². The summed E-state index contributed by atoms with van der Waals surface area (Å²) >= 11 is 2.96. The predicted octanol–water partition coefficient (Wildman–Crippen LogP) is 1.77. The standard InChI is InChI=1S/C10H5BrClNO4S/c11-8-5-9(14)13(10(8)15)6-1-3-7(4-2-6)18(12,16)17/h1-5H. The molecular formula is C10H5BrClNO4S. The molecule has 94 valence electrons. The molecule has 0 fully saturated rings. The first kappa shape index (κ1) is 13.3. The van der Waals surface area contributed by atoms with Crippen molar-refractivity contribution in [3.63, 3.8) is 0 Å². The van der Waals surface area contributed by atoms with Crippen molar-refractivity contribution in [1.82, 2.24) is 0 Å². The summed E-state index contributed by atoms with van der Waals surface area (Å²) in [5.41, 5.74) is 0.278. The van der Waals surface area contributed by atoms with Gasteiger partial charge in [-0.3, -0.25) is 9.59 Å². The van der Waals surface area contributed by atoms with E-state index in [2.05, 4.69) is 15.9 Å². The van der Waals surface area contributed by atoms with Crippen LogP contribution in [0, 0.1) is 0 Å². The van der Waals surface area contributed by atoms with Gasteiger partial charge in [0.2, 0.25) is 0 Å². The van der Waals surface area contributed by atoms with Crippen molar-refractivity contribution in [2.75, 3.05) is 4.90 Å². The molecule has 18 heavy (non-hydrogen) atoms. The van der Waals surface area contributed by atoms with E-state index in [1.54, 1.807) is 0 Å². The lowest BCUT2D eigenvalue weighted by molar-refractivity contribution is -0.120. The molecule has 0 radical (unpaired) electrons. The predicted molar refractivity (Wildman–Crippen MR) is 69.0 cm³/mol. The molecule has 1 aromatic carbocycles. The maximum Gasteiger partial charge on any atom is 0.272 e. The Morgan fingerprint density at radius 1 is 1.11 bits per heavy atom. The van der Waals surface area contributed by atoms with Crippen molar-refractivity contribution in [2.45, 2.75) is 4.90 Å². The number of hydrogen-bond acceptors (Lipinski definition) is 4. The van der Waals surface area contributed by atoms with E-state index in [0.29, 0.717) is 0 Å². The van der Waals surface area contributed by atoms with E-state index in [9.17, 15) is 18.0 Å². The molecule has 0 bridgehead atoms. The summed E-state index contributed by atoms with van der Waals surface area (Å²) in [7, 11) is 1.34. The highest BCUT2D eigenvalue weighted by atomic mass is 79.9. The molecule has 0 N–H and O–H groups in total. The van der Waals surface area contributed by atoms with Gasteiger partial charge in [0.15, 0.2) is 0 Å². The number of carbonyl (C=O) groups is 2. The topological polar surface area (TPSA) is 71.5 Å². The van der Waals surface area contributed by atoms with Gasteiger partial charge in [-0.1, -0.05) is 0 Å². The minimum Gasteiger partial charge on any atom is -0.269 e. The van der Waals surface area contributed by atoms with E-state index in [-0.39, 0.29) is 15.1 Å². The Kier molecular flexibility index (Phi) is 3.31. The van der Waals surface area contributed by atoms with Gasteiger partial charge in [-0.15, -0.1) is 0 Å². The largest absolute Gasteiger partial charge is 0.272 e. The fourth-order valence-corrected chi connectivity index (χ4v) is 2.59. The Morgan fingerprint density at radius 3 is 2.06 bits per heavy atom. The first-order chi connectivity index (χ1) is 8.30. The number of hydrogen-bond donors (Lipinski definition) is 0. The maximum absolute atomic E-state index is 11.6. The molecule has 1 aromatic rings. The van der Waals surface area contributed by atoms with Crippen molar-refractivity contribution in [3.8, 4) is 0 Å². The van der Waals surface area contributed by atoms with E-state index in [4.69, 9.17) is 10.7 Å². The number of amides is 2. The first-order valence-electron chi connectivity index (χ1n) is 4.61. The fourth-order valence-electron chi connectivity index (χ4n) is 1.44. The van der Waals surface area contributed by atoms with E-state index in [1.807, 2.05) is 0 Å². The van der Waals surface area contributed by atoms with Gasteiger partial charge in [-0.05, 0) is 40.2 Å². The van der Waals surface area contributed by atoms with Crippen LogP contribution in [-0.2, 0) is 18.6 Å². The normalized spacial score (nSPS) is 16.1. The van der Waals surface area contributed by atoms with E-state index in [0.717, 1.165) is 11.0 Å². The summed E-state index contributed by atoms with van der Waals surface area (Å²) in [5.74, 6) is -0.991. The SMILES string of the molecule is O=C1C=C(Br)C(=O)N1c1ccc(S(=O)(=O)Cl)cc1. The Labute approximate surface area is 116 Å². The van der Waals surface area contributed by atoms with Crippen LogP contribution in [-0.4, -0.2) is 20.2 Å². The highest BCUT2D eigenvalue weighted by Crippen LogP contribution is 2.26. The number of nitrogens with zero attached hydrogens (tertiary/aromatic N) is 1. The van der Waals surface area contributed by atoms with Gasteiger partial charge in [-0.25, -0.2) is 13.3 Å². The second-order valence-electron chi connectivity index (χ2n) is 3.40. The lowest BCUT2D eigenvalue weighted by atomic mass is 10.3. The zero-order valence-electron chi connectivity index (χ0n) is 8.63. The van der Waals surface area contributed by atoms with Crippen LogP contribution >= 0.6 is 26.6 Å². The van der Waals surface area contributed by atoms with Crippen LogP contribution in [0.1, 0.15) is 0 Å². The van der Waals surface area contributed by atoms with Crippen molar-refractivity contribution in [1.29, 1.82) is 0 Å². The Morgan fingerprint density at radius 2 is 1.67 bits per heavy atom. The lowest BCUT2D eigenvalue weighted by Gasteiger charge is -2.14. The smallest absolute Gasteiger partial charge is 0.269 e. The summed E-state index contributed by atoms with van der Waals surface area (Å²) in [6.07, 6.45) is 1.15. The number of anilines is 1. The van der Waals surface area contributed by atoms with Gasteiger partial charge in [0.25, 0.3) is 20.9 Å². The molecule has 8 heteroatoms. The number of imide groups is 1. The zero-order chi connectivity index (χ0) is 13.5. The van der Waals surface area contributed by atoms with Crippen molar-refractivity contribution in [3.05, 3.63) is 34.8 Å². The second-order valence-corrected chi connectivity index (χ2v) is 6.82. The number of carbonyl (C=O) groups excluding carboxylic acids is 2. The summed E-state index contributed by atoms with van der Waals surface area (Å²) in [6.45, 7) is 0. The molecule has 0 aliphatic carbocycles. The Balaban J connectivity index is 2.38. The van der Waals surface area contributed by atoms with Crippen molar-refractivity contribution in [2.24, 2.45) is 0 Å². The molecule has 0 atom stereocenters. The van der Waals surface area contributed by atoms with Gasteiger partial charge < -0.3 is 0 Å². The van der Waals surface area contributed by atoms with Gasteiger partial charge in [0.05, 0.1) is 15.1 Å². The monoisotopic (exact) mass is 349 g/mol. The van der Waals surface area contributed by atoms with Crippen molar-refractivity contribution >= 4 is 53.2 Å². The number of rotatable bonds is 2. The molecule has 0 spiro atoms. The summed E-state index contributed by atoms with van der Waals surface area (Å²) in [5, 5.41) is 0. The molecule has 5 nitrogen and oxygen atoms in total. The van der Waals surface area contributed by atoms with Crippen molar-refractivity contribution < 1.29 is 18.0 Å². The summed E-state index contributed by atoms with van der Waals surface area (Å²) < 4.78 is 22.2. The zero-order valence-corrected chi connectivity index (χ0v) is 11.8. The quantitative estimate of drug-likeness (QED) is 0.602. The Hall–Kier alpha value is -1.18. The van der Waals surface area contributed by atoms with Crippen LogP contribution in [0.25, 0.3) is 0 Å².